The van der Waals surface area contributed by atoms with Gasteiger partial charge in [0.05, 0.1) is 17.8 Å². The van der Waals surface area contributed by atoms with E-state index in [1.807, 2.05) is 19.2 Å². The molecule has 1 aromatic carbocycles. The molecule has 1 amide bonds. The zero-order chi connectivity index (χ0) is 16.1. The van der Waals surface area contributed by atoms with Gasteiger partial charge >= 0.3 is 0 Å². The van der Waals surface area contributed by atoms with Crippen LogP contribution in [0.2, 0.25) is 0 Å². The summed E-state index contributed by atoms with van der Waals surface area (Å²) in [5, 5.41) is 12.6. The van der Waals surface area contributed by atoms with Gasteiger partial charge in [-0.3, -0.25) is 4.79 Å². The number of aromatic hydroxyl groups is 1. The smallest absolute Gasteiger partial charge is 0.257 e. The van der Waals surface area contributed by atoms with Crippen molar-refractivity contribution >= 4 is 17.2 Å². The maximum atomic E-state index is 12.3. The van der Waals surface area contributed by atoms with E-state index >= 15 is 0 Å². The van der Waals surface area contributed by atoms with Gasteiger partial charge in [-0.05, 0) is 26.0 Å². The van der Waals surface area contributed by atoms with Gasteiger partial charge in [0.25, 0.3) is 5.91 Å². The first-order valence-electron chi connectivity index (χ1n) is 7.12. The number of nitrogens with zero attached hydrogens (tertiary/aromatic N) is 2. The average molecular weight is 320 g/mol. The Hall–Kier alpha value is -1.92. The highest BCUT2D eigenvalue weighted by Gasteiger charge is 2.17. The summed E-state index contributed by atoms with van der Waals surface area (Å²) in [5.74, 6) is -0.242. The van der Waals surface area contributed by atoms with Gasteiger partial charge in [-0.25, -0.2) is 4.98 Å². The van der Waals surface area contributed by atoms with Crippen molar-refractivity contribution in [3.63, 3.8) is 0 Å². The molecule has 0 bridgehead atoms. The molecule has 2 aromatic rings. The number of aromatic nitrogens is 1. The predicted octanol–water partition coefficient (Wildman–Crippen LogP) is 3.22. The van der Waals surface area contributed by atoms with Crippen LogP contribution in [0, 0.1) is 0 Å². The van der Waals surface area contributed by atoms with Crippen molar-refractivity contribution in [1.29, 1.82) is 0 Å². The van der Waals surface area contributed by atoms with Crippen LogP contribution in [0.3, 0.4) is 0 Å². The lowest BCUT2D eigenvalue weighted by Crippen LogP contribution is -2.26. The largest absolute Gasteiger partial charge is 0.507 e. The number of carbonyl (C=O) groups excluding carboxylic acids is 1. The number of thiazole rings is 1. The summed E-state index contributed by atoms with van der Waals surface area (Å²) in [5.41, 5.74) is 1.11. The molecule has 0 aliphatic rings. The molecule has 2 rings (SSSR count). The monoisotopic (exact) mass is 320 g/mol. The summed E-state index contributed by atoms with van der Waals surface area (Å²) in [6, 6.07) is 6.53. The first kappa shape index (κ1) is 16.5. The van der Waals surface area contributed by atoms with Gasteiger partial charge in [-0.15, -0.1) is 11.3 Å². The van der Waals surface area contributed by atoms with Crippen molar-refractivity contribution in [2.75, 3.05) is 13.7 Å². The van der Waals surface area contributed by atoms with E-state index in [0.717, 1.165) is 10.7 Å². The molecule has 0 saturated carbocycles. The van der Waals surface area contributed by atoms with E-state index < -0.39 is 0 Å². The summed E-state index contributed by atoms with van der Waals surface area (Å²) in [6.45, 7) is 4.94. The summed E-state index contributed by atoms with van der Waals surface area (Å²) >= 11 is 1.53. The minimum atomic E-state index is -0.231. The van der Waals surface area contributed by atoms with Crippen LogP contribution >= 0.6 is 11.3 Å². The second-order valence-electron chi connectivity index (χ2n) is 4.95. The highest BCUT2D eigenvalue weighted by atomic mass is 32.1. The highest BCUT2D eigenvalue weighted by Crippen LogP contribution is 2.23. The zero-order valence-corrected chi connectivity index (χ0v) is 13.8. The van der Waals surface area contributed by atoms with Crippen LogP contribution in [-0.2, 0) is 11.3 Å². The van der Waals surface area contributed by atoms with Crippen molar-refractivity contribution in [3.8, 4) is 5.75 Å². The quantitative estimate of drug-likeness (QED) is 0.887. The molecule has 0 aliphatic heterocycles. The fourth-order valence-electron chi connectivity index (χ4n) is 2.08. The Balaban J connectivity index is 2.04. The molecule has 1 aromatic heterocycles. The van der Waals surface area contributed by atoms with Crippen LogP contribution in [0.25, 0.3) is 0 Å². The zero-order valence-electron chi connectivity index (χ0n) is 12.9. The average Bonchev–Trinajstić information content (AvgIpc) is 2.96. The molecule has 0 fully saturated rings. The maximum absolute atomic E-state index is 12.3. The van der Waals surface area contributed by atoms with Crippen molar-refractivity contribution in [3.05, 3.63) is 45.9 Å². The van der Waals surface area contributed by atoms with E-state index in [-0.39, 0.29) is 17.8 Å². The lowest BCUT2D eigenvalue weighted by molar-refractivity contribution is 0.0755. The van der Waals surface area contributed by atoms with E-state index in [0.29, 0.717) is 18.7 Å². The molecule has 5 nitrogen and oxygen atoms in total. The molecule has 1 atom stereocenters. The first-order chi connectivity index (χ1) is 10.5. The second kappa shape index (κ2) is 7.38. The van der Waals surface area contributed by atoms with Crippen molar-refractivity contribution in [2.24, 2.45) is 0 Å². The van der Waals surface area contributed by atoms with E-state index in [1.54, 1.807) is 30.1 Å². The highest BCUT2D eigenvalue weighted by molar-refractivity contribution is 7.09. The molecule has 118 valence electrons. The number of amides is 1. The maximum Gasteiger partial charge on any atom is 0.257 e. The van der Waals surface area contributed by atoms with E-state index in [4.69, 9.17) is 4.74 Å². The Labute approximate surface area is 134 Å². The number of hydrogen-bond acceptors (Lipinski definition) is 5. The number of benzene rings is 1. The third-order valence-electron chi connectivity index (χ3n) is 3.21. The Bertz CT molecular complexity index is 642. The molecule has 0 saturated heterocycles. The number of carbonyl (C=O) groups is 1. The van der Waals surface area contributed by atoms with Crippen LogP contribution in [-0.4, -0.2) is 34.6 Å². The number of rotatable bonds is 6. The third-order valence-corrected chi connectivity index (χ3v) is 4.27. The Kier molecular flexibility index (Phi) is 5.51. The normalized spacial score (nSPS) is 12.1. The van der Waals surface area contributed by atoms with Gasteiger partial charge in [0.1, 0.15) is 16.9 Å². The molecule has 22 heavy (non-hydrogen) atoms. The number of ether oxygens (including phenoxy) is 1. The molecule has 0 aliphatic carbocycles. The number of phenols is 1. The molecule has 0 radical (unpaired) electrons. The Morgan fingerprint density at radius 2 is 2.18 bits per heavy atom. The van der Waals surface area contributed by atoms with E-state index in [9.17, 15) is 9.90 Å². The summed E-state index contributed by atoms with van der Waals surface area (Å²) in [4.78, 5) is 18.4. The summed E-state index contributed by atoms with van der Waals surface area (Å²) < 4.78 is 5.51. The SMILES string of the molecule is CCO[C@H](C)c1nc(CN(C)C(=O)c2ccccc2O)cs1. The van der Waals surface area contributed by atoms with Gasteiger partial charge in [0.15, 0.2) is 0 Å². The molecular weight excluding hydrogens is 300 g/mol. The molecule has 6 heteroatoms. The Morgan fingerprint density at radius 3 is 2.86 bits per heavy atom. The van der Waals surface area contributed by atoms with Gasteiger partial charge in [-0.2, -0.15) is 0 Å². The Morgan fingerprint density at radius 1 is 1.45 bits per heavy atom. The van der Waals surface area contributed by atoms with Crippen molar-refractivity contribution < 1.29 is 14.6 Å². The lowest BCUT2D eigenvalue weighted by Gasteiger charge is -2.16. The molecule has 1 N–H and O–H groups in total. The topological polar surface area (TPSA) is 62.7 Å². The van der Waals surface area contributed by atoms with Crippen molar-refractivity contribution in [2.45, 2.75) is 26.5 Å². The molecular formula is C16H20N2O3S. The predicted molar refractivity (Wildman–Crippen MR) is 86.1 cm³/mol. The summed E-state index contributed by atoms with van der Waals surface area (Å²) in [6.07, 6.45) is -0.0390. The van der Waals surface area contributed by atoms with Crippen LogP contribution in [0.5, 0.6) is 5.75 Å². The lowest BCUT2D eigenvalue weighted by atomic mass is 10.2. The van der Waals surface area contributed by atoms with Gasteiger partial charge in [0, 0.05) is 19.0 Å². The minimum Gasteiger partial charge on any atom is -0.507 e. The third kappa shape index (κ3) is 3.84. The number of phenolic OH excluding ortho intramolecular Hbond substituents is 1. The number of para-hydroxylation sites is 1. The van der Waals surface area contributed by atoms with Crippen LogP contribution in [0.1, 0.15) is 41.0 Å². The fraction of sp³-hybridized carbons (Fsp3) is 0.375. The van der Waals surface area contributed by atoms with Crippen LogP contribution < -0.4 is 0 Å². The molecule has 0 spiro atoms. The van der Waals surface area contributed by atoms with Crippen LogP contribution in [0.15, 0.2) is 29.6 Å². The standard InChI is InChI=1S/C16H20N2O3S/c1-4-21-11(2)15-17-12(10-22-15)9-18(3)16(20)13-7-5-6-8-14(13)19/h5-8,10-11,19H,4,9H2,1-3H3/t11-/m1/s1. The first-order valence-corrected chi connectivity index (χ1v) is 8.00. The second-order valence-corrected chi connectivity index (χ2v) is 5.84. The molecule has 0 unspecified atom stereocenters. The van der Waals surface area contributed by atoms with Gasteiger partial charge < -0.3 is 14.7 Å². The van der Waals surface area contributed by atoms with E-state index in [2.05, 4.69) is 4.98 Å². The van der Waals surface area contributed by atoms with Gasteiger partial charge in [-0.1, -0.05) is 12.1 Å². The fourth-order valence-corrected chi connectivity index (χ4v) is 2.89. The van der Waals surface area contributed by atoms with E-state index in [1.165, 1.54) is 17.4 Å². The number of hydrogen-bond donors (Lipinski definition) is 1. The summed E-state index contributed by atoms with van der Waals surface area (Å²) in [7, 11) is 1.69. The van der Waals surface area contributed by atoms with Gasteiger partial charge in [0.2, 0.25) is 0 Å². The minimum absolute atomic E-state index is 0.0108. The van der Waals surface area contributed by atoms with Crippen molar-refractivity contribution in [1.82, 2.24) is 9.88 Å². The molecule has 1 heterocycles. The van der Waals surface area contributed by atoms with Crippen LogP contribution in [0.4, 0.5) is 0 Å².